The lowest BCUT2D eigenvalue weighted by molar-refractivity contribution is -0.144. The highest BCUT2D eigenvalue weighted by atomic mass is 16.5. The van der Waals surface area contributed by atoms with Gasteiger partial charge in [0.2, 0.25) is 5.91 Å². The van der Waals surface area contributed by atoms with Crippen LogP contribution in [-0.4, -0.2) is 36.5 Å². The van der Waals surface area contributed by atoms with Crippen LogP contribution in [0.4, 0.5) is 0 Å². The zero-order chi connectivity index (χ0) is 17.2. The Bertz CT molecular complexity index is 509. The summed E-state index contributed by atoms with van der Waals surface area (Å²) in [4.78, 5) is 26.4. The molecule has 0 unspecified atom stereocenters. The highest BCUT2D eigenvalue weighted by molar-refractivity contribution is 5.79. The van der Waals surface area contributed by atoms with Crippen LogP contribution in [0.1, 0.15) is 51.0 Å². The van der Waals surface area contributed by atoms with Gasteiger partial charge in [-0.15, -0.1) is 0 Å². The van der Waals surface area contributed by atoms with Crippen LogP contribution in [0.3, 0.4) is 0 Å². The molecule has 0 aromatic heterocycles. The minimum absolute atomic E-state index is 0.136. The standard InChI is InChI=1S/C20H29NO3/c1-2-24-19(22)14-16-21(15-13-17-9-5-3-6-10-17)20(23)18-11-7-4-8-12-18/h3,5-6,9-10,18H,2,4,7-8,11-16H2,1H3. The molecule has 4 heteroatoms. The largest absolute Gasteiger partial charge is 0.466 e. The number of carbonyl (C=O) groups excluding carboxylic acids is 2. The van der Waals surface area contributed by atoms with Crippen molar-refractivity contribution in [3.63, 3.8) is 0 Å². The zero-order valence-electron chi connectivity index (χ0n) is 14.7. The molecule has 0 heterocycles. The zero-order valence-corrected chi connectivity index (χ0v) is 14.7. The molecule has 2 rings (SSSR count). The number of hydrogen-bond donors (Lipinski definition) is 0. The average Bonchev–Trinajstić information content (AvgIpc) is 2.63. The molecule has 132 valence electrons. The summed E-state index contributed by atoms with van der Waals surface area (Å²) >= 11 is 0. The Hall–Kier alpha value is -1.84. The quantitative estimate of drug-likeness (QED) is 0.684. The minimum atomic E-state index is -0.223. The maximum Gasteiger partial charge on any atom is 0.307 e. The van der Waals surface area contributed by atoms with Crippen LogP contribution in [0.15, 0.2) is 30.3 Å². The van der Waals surface area contributed by atoms with Gasteiger partial charge in [-0.2, -0.15) is 0 Å². The Balaban J connectivity index is 1.94. The van der Waals surface area contributed by atoms with Crippen LogP contribution in [0.25, 0.3) is 0 Å². The van der Waals surface area contributed by atoms with Crippen molar-refractivity contribution in [1.82, 2.24) is 4.90 Å². The summed E-state index contributed by atoms with van der Waals surface area (Å²) in [5, 5.41) is 0. The number of ether oxygens (including phenoxy) is 1. The van der Waals surface area contributed by atoms with E-state index in [0.29, 0.717) is 19.7 Å². The van der Waals surface area contributed by atoms with E-state index in [9.17, 15) is 9.59 Å². The highest BCUT2D eigenvalue weighted by Crippen LogP contribution is 2.25. The van der Waals surface area contributed by atoms with E-state index in [-0.39, 0.29) is 24.2 Å². The summed E-state index contributed by atoms with van der Waals surface area (Å²) in [5.41, 5.74) is 1.22. The second kappa shape index (κ2) is 10.1. The Labute approximate surface area is 145 Å². The van der Waals surface area contributed by atoms with Gasteiger partial charge in [0.25, 0.3) is 0 Å². The van der Waals surface area contributed by atoms with Crippen molar-refractivity contribution in [2.75, 3.05) is 19.7 Å². The molecule has 1 amide bonds. The van der Waals surface area contributed by atoms with Gasteiger partial charge in [0.15, 0.2) is 0 Å². The predicted molar refractivity (Wildman–Crippen MR) is 94.6 cm³/mol. The molecule has 0 spiro atoms. The molecule has 1 saturated carbocycles. The first-order valence-electron chi connectivity index (χ1n) is 9.19. The summed E-state index contributed by atoms with van der Waals surface area (Å²) in [6, 6.07) is 10.2. The lowest BCUT2D eigenvalue weighted by Gasteiger charge is -2.29. The molecule has 1 aromatic rings. The van der Waals surface area contributed by atoms with E-state index < -0.39 is 0 Å². The van der Waals surface area contributed by atoms with Crippen LogP contribution in [0.2, 0.25) is 0 Å². The molecular weight excluding hydrogens is 302 g/mol. The van der Waals surface area contributed by atoms with Crippen LogP contribution in [0.5, 0.6) is 0 Å². The first-order chi connectivity index (χ1) is 11.7. The number of rotatable bonds is 8. The molecule has 1 aromatic carbocycles. The summed E-state index contributed by atoms with van der Waals surface area (Å²) in [5.74, 6) is 0.130. The van der Waals surface area contributed by atoms with E-state index in [2.05, 4.69) is 12.1 Å². The molecule has 1 aliphatic rings. The van der Waals surface area contributed by atoms with E-state index >= 15 is 0 Å². The van der Waals surface area contributed by atoms with E-state index in [1.54, 1.807) is 6.92 Å². The van der Waals surface area contributed by atoms with Crippen molar-refractivity contribution in [2.45, 2.75) is 51.9 Å². The SMILES string of the molecule is CCOC(=O)CCN(CCc1ccccc1)C(=O)C1CCCCC1. The first-order valence-corrected chi connectivity index (χ1v) is 9.19. The third kappa shape index (κ3) is 5.99. The molecule has 1 fully saturated rings. The fourth-order valence-corrected chi connectivity index (χ4v) is 3.31. The molecule has 0 N–H and O–H groups in total. The number of hydrogen-bond acceptors (Lipinski definition) is 3. The van der Waals surface area contributed by atoms with Crippen LogP contribution < -0.4 is 0 Å². The maximum absolute atomic E-state index is 12.9. The summed E-state index contributed by atoms with van der Waals surface area (Å²) in [6.07, 6.45) is 6.58. The first kappa shape index (κ1) is 18.5. The number of nitrogens with zero attached hydrogens (tertiary/aromatic N) is 1. The molecule has 0 atom stereocenters. The molecule has 1 aliphatic carbocycles. The number of amides is 1. The Kier molecular flexibility index (Phi) is 7.80. The van der Waals surface area contributed by atoms with Crippen molar-refractivity contribution in [1.29, 1.82) is 0 Å². The normalized spacial score (nSPS) is 15.0. The van der Waals surface area contributed by atoms with Gasteiger partial charge in [-0.1, -0.05) is 49.6 Å². The smallest absolute Gasteiger partial charge is 0.307 e. The average molecular weight is 331 g/mol. The van der Waals surface area contributed by atoms with E-state index in [1.807, 2.05) is 23.1 Å². The van der Waals surface area contributed by atoms with E-state index in [1.165, 1.54) is 12.0 Å². The van der Waals surface area contributed by atoms with Crippen LogP contribution in [-0.2, 0) is 20.7 Å². The molecule has 0 radical (unpaired) electrons. The summed E-state index contributed by atoms with van der Waals surface area (Å²) < 4.78 is 5.00. The Morgan fingerprint density at radius 3 is 2.46 bits per heavy atom. The van der Waals surface area contributed by atoms with Crippen molar-refractivity contribution < 1.29 is 14.3 Å². The van der Waals surface area contributed by atoms with Crippen LogP contribution in [0, 0.1) is 5.92 Å². The van der Waals surface area contributed by atoms with Gasteiger partial charge in [-0.25, -0.2) is 0 Å². The second-order valence-corrected chi connectivity index (χ2v) is 6.45. The molecule has 0 aliphatic heterocycles. The van der Waals surface area contributed by atoms with Gasteiger partial charge >= 0.3 is 5.97 Å². The predicted octanol–water partition coefficient (Wildman–Crippen LogP) is 3.59. The highest BCUT2D eigenvalue weighted by Gasteiger charge is 2.26. The molecule has 24 heavy (non-hydrogen) atoms. The monoisotopic (exact) mass is 331 g/mol. The molecule has 4 nitrogen and oxygen atoms in total. The van der Waals surface area contributed by atoms with Crippen LogP contribution >= 0.6 is 0 Å². The third-order valence-electron chi connectivity index (χ3n) is 4.67. The molecule has 0 bridgehead atoms. The molecular formula is C20H29NO3. The van der Waals surface area contributed by atoms with Gasteiger partial charge in [-0.05, 0) is 31.7 Å². The number of esters is 1. The lowest BCUT2D eigenvalue weighted by Crippen LogP contribution is -2.39. The van der Waals surface area contributed by atoms with Crippen molar-refractivity contribution in [3.05, 3.63) is 35.9 Å². The summed E-state index contributed by atoms with van der Waals surface area (Å²) in [7, 11) is 0. The Morgan fingerprint density at radius 1 is 1.08 bits per heavy atom. The van der Waals surface area contributed by atoms with Gasteiger partial charge < -0.3 is 9.64 Å². The fraction of sp³-hybridized carbons (Fsp3) is 0.600. The Morgan fingerprint density at radius 2 is 1.79 bits per heavy atom. The van der Waals surface area contributed by atoms with Crippen molar-refractivity contribution >= 4 is 11.9 Å². The van der Waals surface area contributed by atoms with Gasteiger partial charge in [0, 0.05) is 19.0 Å². The minimum Gasteiger partial charge on any atom is -0.466 e. The van der Waals surface area contributed by atoms with Crippen molar-refractivity contribution in [2.24, 2.45) is 5.92 Å². The van der Waals surface area contributed by atoms with Gasteiger partial charge in [-0.3, -0.25) is 9.59 Å². The molecule has 0 saturated heterocycles. The van der Waals surface area contributed by atoms with Gasteiger partial charge in [0.1, 0.15) is 0 Å². The lowest BCUT2D eigenvalue weighted by atomic mass is 9.88. The maximum atomic E-state index is 12.9. The third-order valence-corrected chi connectivity index (χ3v) is 4.67. The second-order valence-electron chi connectivity index (χ2n) is 6.45. The van der Waals surface area contributed by atoms with E-state index in [4.69, 9.17) is 4.74 Å². The topological polar surface area (TPSA) is 46.6 Å². The number of carbonyl (C=O) groups is 2. The fourth-order valence-electron chi connectivity index (χ4n) is 3.31. The van der Waals surface area contributed by atoms with E-state index in [0.717, 1.165) is 32.1 Å². The number of benzene rings is 1. The van der Waals surface area contributed by atoms with Gasteiger partial charge in [0.05, 0.1) is 13.0 Å². The summed E-state index contributed by atoms with van der Waals surface area (Å²) in [6.45, 7) is 3.32. The van der Waals surface area contributed by atoms with Crippen molar-refractivity contribution in [3.8, 4) is 0 Å².